The number of amides is 1. The molecule has 1 atom stereocenters. The van der Waals surface area contributed by atoms with Crippen molar-refractivity contribution >= 4 is 22.2 Å². The van der Waals surface area contributed by atoms with Gasteiger partial charge in [0.05, 0.1) is 5.56 Å². The highest BCUT2D eigenvalue weighted by Gasteiger charge is 2.19. The van der Waals surface area contributed by atoms with Crippen molar-refractivity contribution in [1.82, 2.24) is 4.90 Å². The predicted octanol–water partition coefficient (Wildman–Crippen LogP) is 1.65. The lowest BCUT2D eigenvalue weighted by atomic mass is 9.99. The van der Waals surface area contributed by atoms with Crippen LogP contribution in [0.3, 0.4) is 0 Å². The van der Waals surface area contributed by atoms with Crippen LogP contribution in [0.25, 0.3) is 0 Å². The number of thiophene rings is 1. The van der Waals surface area contributed by atoms with Crippen LogP contribution in [0.15, 0.2) is 11.4 Å². The Bertz CT molecular complexity index is 495. The van der Waals surface area contributed by atoms with Gasteiger partial charge in [0.15, 0.2) is 0 Å². The van der Waals surface area contributed by atoms with E-state index < -0.39 is 0 Å². The molecule has 1 aliphatic rings. The van der Waals surface area contributed by atoms with Crippen molar-refractivity contribution < 1.29 is 9.90 Å². The maximum absolute atomic E-state index is 11.9. The first-order chi connectivity index (χ1) is 9.72. The Morgan fingerprint density at radius 1 is 1.65 bits per heavy atom. The highest BCUT2D eigenvalue weighted by Crippen LogP contribution is 2.22. The lowest BCUT2D eigenvalue weighted by Gasteiger charge is -2.31. The number of aliphatic hydroxyl groups is 1. The Morgan fingerprint density at radius 2 is 2.50 bits per heavy atom. The standard InChI is InChI=1S/C14H19N3O2S/c15-8-12-4-7-20-14(12)16-13(19)3-6-17-5-1-2-11(9-17)10-18/h4,7,11,18H,1-3,5-6,9-10H2,(H,16,19). The topological polar surface area (TPSA) is 76.4 Å². The molecule has 2 heterocycles. The fourth-order valence-corrected chi connectivity index (χ4v) is 3.20. The van der Waals surface area contributed by atoms with Crippen molar-refractivity contribution in [3.8, 4) is 6.07 Å². The third-order valence-electron chi connectivity index (χ3n) is 3.56. The Labute approximate surface area is 122 Å². The van der Waals surface area contributed by atoms with E-state index in [1.165, 1.54) is 11.3 Å². The zero-order chi connectivity index (χ0) is 14.4. The zero-order valence-electron chi connectivity index (χ0n) is 11.3. The average Bonchev–Trinajstić information content (AvgIpc) is 2.92. The molecule has 0 aliphatic carbocycles. The number of carbonyl (C=O) groups is 1. The molecule has 1 amide bonds. The molecule has 108 valence electrons. The summed E-state index contributed by atoms with van der Waals surface area (Å²) in [6, 6.07) is 3.76. The molecule has 1 unspecified atom stereocenters. The van der Waals surface area contributed by atoms with Crippen LogP contribution in [0.1, 0.15) is 24.8 Å². The number of carbonyl (C=O) groups excluding carboxylic acids is 1. The summed E-state index contributed by atoms with van der Waals surface area (Å²) in [5.41, 5.74) is 0.515. The number of nitrogens with zero attached hydrogens (tertiary/aromatic N) is 2. The van der Waals surface area contributed by atoms with Crippen LogP contribution in [0, 0.1) is 17.2 Å². The summed E-state index contributed by atoms with van der Waals surface area (Å²) in [7, 11) is 0. The molecule has 2 rings (SSSR count). The van der Waals surface area contributed by atoms with Crippen molar-refractivity contribution in [2.24, 2.45) is 5.92 Å². The van der Waals surface area contributed by atoms with E-state index in [2.05, 4.69) is 16.3 Å². The summed E-state index contributed by atoms with van der Waals surface area (Å²) in [6.07, 6.45) is 2.57. The lowest BCUT2D eigenvalue weighted by molar-refractivity contribution is -0.116. The normalized spacial score (nSPS) is 19.5. The van der Waals surface area contributed by atoms with Gasteiger partial charge in [0.2, 0.25) is 5.91 Å². The van der Waals surface area contributed by atoms with Crippen molar-refractivity contribution in [2.45, 2.75) is 19.3 Å². The van der Waals surface area contributed by atoms with Gasteiger partial charge in [0.25, 0.3) is 0 Å². The number of likely N-dealkylation sites (tertiary alicyclic amines) is 1. The maximum Gasteiger partial charge on any atom is 0.226 e. The molecule has 0 aromatic carbocycles. The fourth-order valence-electron chi connectivity index (χ4n) is 2.45. The quantitative estimate of drug-likeness (QED) is 0.865. The summed E-state index contributed by atoms with van der Waals surface area (Å²) in [6.45, 7) is 2.79. The van der Waals surface area contributed by atoms with Gasteiger partial charge in [-0.05, 0) is 36.8 Å². The summed E-state index contributed by atoms with van der Waals surface area (Å²) in [5, 5.41) is 23.3. The van der Waals surface area contributed by atoms with E-state index in [1.807, 2.05) is 0 Å². The van der Waals surface area contributed by atoms with Gasteiger partial charge >= 0.3 is 0 Å². The number of anilines is 1. The van der Waals surface area contributed by atoms with Crippen LogP contribution in [0.5, 0.6) is 0 Å². The molecule has 1 aliphatic heterocycles. The first-order valence-corrected chi connectivity index (χ1v) is 7.71. The van der Waals surface area contributed by atoms with Crippen molar-refractivity contribution in [3.05, 3.63) is 17.0 Å². The predicted molar refractivity (Wildman–Crippen MR) is 78.5 cm³/mol. The van der Waals surface area contributed by atoms with Gasteiger partial charge < -0.3 is 15.3 Å². The second-order valence-electron chi connectivity index (χ2n) is 5.06. The van der Waals surface area contributed by atoms with Crippen molar-refractivity contribution in [1.29, 1.82) is 5.26 Å². The van der Waals surface area contributed by atoms with Gasteiger partial charge in [-0.1, -0.05) is 0 Å². The molecular formula is C14H19N3O2S. The molecule has 0 bridgehead atoms. The van der Waals surface area contributed by atoms with Crippen molar-refractivity contribution in [2.75, 3.05) is 31.6 Å². The van der Waals surface area contributed by atoms with Gasteiger partial charge in [0, 0.05) is 26.1 Å². The molecule has 0 radical (unpaired) electrons. The summed E-state index contributed by atoms with van der Waals surface area (Å²) in [5.74, 6) is 0.282. The SMILES string of the molecule is N#Cc1ccsc1NC(=O)CCN1CCCC(CO)C1. The van der Waals surface area contributed by atoms with Crippen LogP contribution in [-0.4, -0.2) is 42.2 Å². The number of rotatable bonds is 5. The highest BCUT2D eigenvalue weighted by atomic mass is 32.1. The Kier molecular flexibility index (Phi) is 5.53. The minimum atomic E-state index is -0.0601. The second kappa shape index (κ2) is 7.39. The Morgan fingerprint density at radius 3 is 3.25 bits per heavy atom. The molecule has 0 spiro atoms. The van der Waals surface area contributed by atoms with Gasteiger partial charge in [-0.2, -0.15) is 5.26 Å². The largest absolute Gasteiger partial charge is 0.396 e. The van der Waals surface area contributed by atoms with Crippen molar-refractivity contribution in [3.63, 3.8) is 0 Å². The minimum absolute atomic E-state index is 0.0601. The number of aliphatic hydroxyl groups excluding tert-OH is 1. The van der Waals surface area contributed by atoms with Crippen LogP contribution in [0.2, 0.25) is 0 Å². The van der Waals surface area contributed by atoms with Crippen LogP contribution < -0.4 is 5.32 Å². The van der Waals surface area contributed by atoms with Gasteiger partial charge in [-0.25, -0.2) is 0 Å². The van der Waals surface area contributed by atoms with E-state index in [4.69, 9.17) is 5.26 Å². The number of hydrogen-bond donors (Lipinski definition) is 2. The second-order valence-corrected chi connectivity index (χ2v) is 5.98. The molecule has 1 aromatic rings. The van der Waals surface area contributed by atoms with E-state index in [0.717, 1.165) is 25.9 Å². The zero-order valence-corrected chi connectivity index (χ0v) is 12.2. The molecule has 1 aromatic heterocycles. The average molecular weight is 293 g/mol. The Hall–Kier alpha value is -1.42. The molecular weight excluding hydrogens is 274 g/mol. The van der Waals surface area contributed by atoms with E-state index in [9.17, 15) is 9.90 Å². The monoisotopic (exact) mass is 293 g/mol. The summed E-state index contributed by atoms with van der Waals surface area (Å²) in [4.78, 5) is 14.1. The smallest absolute Gasteiger partial charge is 0.226 e. The van der Waals surface area contributed by atoms with E-state index >= 15 is 0 Å². The molecule has 1 saturated heterocycles. The van der Waals surface area contributed by atoms with Gasteiger partial charge in [0.1, 0.15) is 11.1 Å². The molecule has 20 heavy (non-hydrogen) atoms. The molecule has 6 heteroatoms. The number of hydrogen-bond acceptors (Lipinski definition) is 5. The number of nitrogens with one attached hydrogen (secondary N) is 1. The lowest BCUT2D eigenvalue weighted by Crippen LogP contribution is -2.38. The first-order valence-electron chi connectivity index (χ1n) is 6.83. The van der Waals surface area contributed by atoms with Gasteiger partial charge in [-0.3, -0.25) is 4.79 Å². The summed E-state index contributed by atoms with van der Waals surface area (Å²) < 4.78 is 0. The van der Waals surface area contributed by atoms with E-state index in [1.54, 1.807) is 11.4 Å². The van der Waals surface area contributed by atoms with Crippen LogP contribution in [0.4, 0.5) is 5.00 Å². The third kappa shape index (κ3) is 4.04. The van der Waals surface area contributed by atoms with Gasteiger partial charge in [-0.15, -0.1) is 11.3 Å². The maximum atomic E-state index is 11.9. The molecule has 0 saturated carbocycles. The third-order valence-corrected chi connectivity index (χ3v) is 4.38. The molecule has 5 nitrogen and oxygen atoms in total. The fraction of sp³-hybridized carbons (Fsp3) is 0.571. The summed E-state index contributed by atoms with van der Waals surface area (Å²) >= 11 is 1.37. The first kappa shape index (κ1) is 15.0. The minimum Gasteiger partial charge on any atom is -0.396 e. The van der Waals surface area contributed by atoms with Crippen LogP contribution >= 0.6 is 11.3 Å². The Balaban J connectivity index is 1.76. The molecule has 1 fully saturated rings. The molecule has 2 N–H and O–H groups in total. The highest BCUT2D eigenvalue weighted by molar-refractivity contribution is 7.14. The van der Waals surface area contributed by atoms with Crippen LogP contribution in [-0.2, 0) is 4.79 Å². The van der Waals surface area contributed by atoms with E-state index in [0.29, 0.717) is 29.4 Å². The number of piperidine rings is 1. The van der Waals surface area contributed by atoms with E-state index in [-0.39, 0.29) is 12.5 Å². The number of nitriles is 1.